The fourth-order valence-corrected chi connectivity index (χ4v) is 2.46. The summed E-state index contributed by atoms with van der Waals surface area (Å²) in [5.41, 5.74) is 9.25. The monoisotopic (exact) mass is 257 g/mol. The van der Waals surface area contributed by atoms with Crippen LogP contribution in [-0.2, 0) is 6.42 Å². The molecule has 2 N–H and O–H groups in total. The number of hydrogen-bond donors (Lipinski definition) is 1. The maximum absolute atomic E-state index is 6.08. The van der Waals surface area contributed by atoms with Crippen LogP contribution in [-0.4, -0.2) is 19.7 Å². The van der Waals surface area contributed by atoms with Crippen molar-refractivity contribution in [2.45, 2.75) is 45.2 Å². The molecule has 0 aromatic carbocycles. The van der Waals surface area contributed by atoms with Crippen molar-refractivity contribution in [3.8, 4) is 11.4 Å². The normalized spacial score (nSPS) is 18.6. The fraction of sp³-hybridized carbons (Fsp3) is 0.500. The van der Waals surface area contributed by atoms with Gasteiger partial charge in [-0.05, 0) is 33.1 Å². The first kappa shape index (κ1) is 12.3. The molecule has 0 aliphatic heterocycles. The molecule has 5 heteroatoms. The third kappa shape index (κ3) is 2.26. The van der Waals surface area contributed by atoms with Gasteiger partial charge in [0.15, 0.2) is 5.82 Å². The van der Waals surface area contributed by atoms with E-state index in [0.29, 0.717) is 6.04 Å². The minimum atomic E-state index is 0.0937. The van der Waals surface area contributed by atoms with E-state index in [1.165, 1.54) is 0 Å². The van der Waals surface area contributed by atoms with Crippen molar-refractivity contribution in [1.82, 2.24) is 19.7 Å². The lowest BCUT2D eigenvalue weighted by Gasteiger charge is -2.20. The highest BCUT2D eigenvalue weighted by Gasteiger charge is 2.19. The average molecular weight is 257 g/mol. The largest absolute Gasteiger partial charge is 0.324 e. The molecular weight excluding hydrogens is 238 g/mol. The molecule has 1 unspecified atom stereocenters. The molecule has 3 rings (SSSR count). The molecule has 0 spiro atoms. The molecule has 1 aliphatic rings. The summed E-state index contributed by atoms with van der Waals surface area (Å²) >= 11 is 0. The van der Waals surface area contributed by atoms with Crippen LogP contribution < -0.4 is 5.73 Å². The maximum atomic E-state index is 6.08. The molecule has 0 radical (unpaired) electrons. The number of aryl methyl sites for hydroxylation is 1. The van der Waals surface area contributed by atoms with Gasteiger partial charge in [0.2, 0.25) is 0 Å². The molecule has 5 nitrogen and oxygen atoms in total. The summed E-state index contributed by atoms with van der Waals surface area (Å²) in [4.78, 5) is 9.10. The lowest BCUT2D eigenvalue weighted by atomic mass is 9.93. The van der Waals surface area contributed by atoms with Crippen molar-refractivity contribution in [1.29, 1.82) is 0 Å². The van der Waals surface area contributed by atoms with E-state index in [0.717, 1.165) is 41.9 Å². The van der Waals surface area contributed by atoms with Crippen molar-refractivity contribution in [3.63, 3.8) is 0 Å². The van der Waals surface area contributed by atoms with Crippen molar-refractivity contribution >= 4 is 0 Å². The highest BCUT2D eigenvalue weighted by atomic mass is 15.3. The molecule has 1 aliphatic carbocycles. The van der Waals surface area contributed by atoms with Gasteiger partial charge in [0.25, 0.3) is 0 Å². The average Bonchev–Trinajstić information content (AvgIpc) is 2.88. The second kappa shape index (κ2) is 4.74. The zero-order valence-electron chi connectivity index (χ0n) is 11.4. The zero-order chi connectivity index (χ0) is 13.4. The topological polar surface area (TPSA) is 69.6 Å². The Hall–Kier alpha value is -1.75. The molecule has 19 heavy (non-hydrogen) atoms. The third-order valence-electron chi connectivity index (χ3n) is 3.62. The van der Waals surface area contributed by atoms with Crippen LogP contribution in [0.3, 0.4) is 0 Å². The molecule has 100 valence electrons. The van der Waals surface area contributed by atoms with Gasteiger partial charge in [-0.2, -0.15) is 5.10 Å². The van der Waals surface area contributed by atoms with Crippen LogP contribution in [0.5, 0.6) is 0 Å². The standard InChI is InChI=1S/C14H19N5/c1-9(2)19-8-10(6-17-19)14-16-7-11-12(15)4-3-5-13(11)18-14/h6-9,12H,3-5,15H2,1-2H3. The highest BCUT2D eigenvalue weighted by Crippen LogP contribution is 2.27. The van der Waals surface area contributed by atoms with Crippen molar-refractivity contribution in [2.75, 3.05) is 0 Å². The second-order valence-corrected chi connectivity index (χ2v) is 5.40. The van der Waals surface area contributed by atoms with E-state index in [2.05, 4.69) is 28.9 Å². The number of aromatic nitrogens is 4. The first-order chi connectivity index (χ1) is 9.15. The molecule has 2 aromatic rings. The predicted octanol–water partition coefficient (Wildman–Crippen LogP) is 2.26. The summed E-state index contributed by atoms with van der Waals surface area (Å²) < 4.78 is 1.92. The molecular formula is C14H19N5. The molecule has 1 atom stereocenters. The van der Waals surface area contributed by atoms with Gasteiger partial charge >= 0.3 is 0 Å². The van der Waals surface area contributed by atoms with Crippen LogP contribution in [0.15, 0.2) is 18.6 Å². The summed E-state index contributed by atoms with van der Waals surface area (Å²) in [6.07, 6.45) is 8.83. The molecule has 2 aromatic heterocycles. The smallest absolute Gasteiger partial charge is 0.162 e. The Morgan fingerprint density at radius 1 is 1.37 bits per heavy atom. The molecule has 0 bridgehead atoms. The van der Waals surface area contributed by atoms with E-state index in [9.17, 15) is 0 Å². The molecule has 0 saturated carbocycles. The Kier molecular flexibility index (Phi) is 3.06. The summed E-state index contributed by atoms with van der Waals surface area (Å²) in [6.45, 7) is 4.20. The van der Waals surface area contributed by atoms with Gasteiger partial charge in [0.05, 0.1) is 11.8 Å². The molecule has 0 fully saturated rings. The van der Waals surface area contributed by atoms with Gasteiger partial charge in [0.1, 0.15) is 0 Å². The van der Waals surface area contributed by atoms with Gasteiger partial charge in [-0.15, -0.1) is 0 Å². The van der Waals surface area contributed by atoms with Crippen LogP contribution >= 0.6 is 0 Å². The van der Waals surface area contributed by atoms with Gasteiger partial charge in [-0.1, -0.05) is 0 Å². The third-order valence-corrected chi connectivity index (χ3v) is 3.62. The Morgan fingerprint density at radius 3 is 2.95 bits per heavy atom. The summed E-state index contributed by atoms with van der Waals surface area (Å²) in [7, 11) is 0. The summed E-state index contributed by atoms with van der Waals surface area (Å²) in [5.74, 6) is 0.750. The number of nitrogens with zero attached hydrogens (tertiary/aromatic N) is 4. The number of nitrogens with two attached hydrogens (primary N) is 1. The van der Waals surface area contributed by atoms with E-state index >= 15 is 0 Å². The summed E-state index contributed by atoms with van der Waals surface area (Å²) in [5, 5.41) is 4.33. The zero-order valence-corrected chi connectivity index (χ0v) is 11.4. The maximum Gasteiger partial charge on any atom is 0.162 e. The predicted molar refractivity (Wildman–Crippen MR) is 73.5 cm³/mol. The molecule has 2 heterocycles. The van der Waals surface area contributed by atoms with E-state index in [1.54, 1.807) is 0 Å². The highest BCUT2D eigenvalue weighted by molar-refractivity contribution is 5.52. The first-order valence-electron chi connectivity index (χ1n) is 6.81. The fourth-order valence-electron chi connectivity index (χ4n) is 2.46. The van der Waals surface area contributed by atoms with Crippen LogP contribution in [0, 0.1) is 0 Å². The summed E-state index contributed by atoms with van der Waals surface area (Å²) in [6, 6.07) is 0.441. The van der Waals surface area contributed by atoms with Gasteiger partial charge in [-0.3, -0.25) is 4.68 Å². The van der Waals surface area contributed by atoms with Crippen LogP contribution in [0.4, 0.5) is 0 Å². The van der Waals surface area contributed by atoms with Crippen molar-refractivity contribution in [2.24, 2.45) is 5.73 Å². The van der Waals surface area contributed by atoms with Gasteiger partial charge in [0, 0.05) is 35.7 Å². The second-order valence-electron chi connectivity index (χ2n) is 5.40. The SMILES string of the molecule is CC(C)n1cc(-c2ncc3c(n2)CCCC3N)cn1. The number of fused-ring (bicyclic) bond motifs is 1. The number of rotatable bonds is 2. The Morgan fingerprint density at radius 2 is 2.21 bits per heavy atom. The molecule has 0 saturated heterocycles. The Balaban J connectivity index is 1.97. The minimum Gasteiger partial charge on any atom is -0.324 e. The van der Waals surface area contributed by atoms with Gasteiger partial charge < -0.3 is 5.73 Å². The van der Waals surface area contributed by atoms with E-state index in [4.69, 9.17) is 5.73 Å². The Labute approximate surface area is 112 Å². The first-order valence-corrected chi connectivity index (χ1v) is 6.81. The van der Waals surface area contributed by atoms with Crippen LogP contribution in [0.25, 0.3) is 11.4 Å². The van der Waals surface area contributed by atoms with Gasteiger partial charge in [-0.25, -0.2) is 9.97 Å². The lowest BCUT2D eigenvalue weighted by Crippen LogP contribution is -2.19. The van der Waals surface area contributed by atoms with E-state index in [-0.39, 0.29) is 6.04 Å². The van der Waals surface area contributed by atoms with Crippen LogP contribution in [0.2, 0.25) is 0 Å². The molecule has 0 amide bonds. The van der Waals surface area contributed by atoms with Crippen LogP contribution in [0.1, 0.15) is 50.0 Å². The van der Waals surface area contributed by atoms with Crippen molar-refractivity contribution in [3.05, 3.63) is 29.8 Å². The lowest BCUT2D eigenvalue weighted by molar-refractivity contribution is 0.532. The van der Waals surface area contributed by atoms with E-state index in [1.807, 2.05) is 23.3 Å². The van der Waals surface area contributed by atoms with E-state index < -0.39 is 0 Å². The number of hydrogen-bond acceptors (Lipinski definition) is 4. The Bertz CT molecular complexity index is 587. The van der Waals surface area contributed by atoms with Crippen molar-refractivity contribution < 1.29 is 0 Å². The minimum absolute atomic E-state index is 0.0937. The quantitative estimate of drug-likeness (QED) is 0.896.